The Morgan fingerprint density at radius 2 is 0.957 bits per heavy atom. The quantitative estimate of drug-likeness (QED) is 0.165. The summed E-state index contributed by atoms with van der Waals surface area (Å²) in [5.41, 5.74) is 1.65. The third kappa shape index (κ3) is 10.5. The Balaban J connectivity index is 0.000000186. The number of quaternary nitrogens is 2. The number of piperidine rings is 2. The maximum absolute atomic E-state index is 12.4. The van der Waals surface area contributed by atoms with Gasteiger partial charge in [0.1, 0.15) is 24.0 Å². The van der Waals surface area contributed by atoms with Gasteiger partial charge in [-0.15, -0.1) is 0 Å². The van der Waals surface area contributed by atoms with Gasteiger partial charge in [0.25, 0.3) is 0 Å². The minimum atomic E-state index is -5.17. The third-order valence-electron chi connectivity index (χ3n) is 10.4. The number of fused-ring (bicyclic) bond motifs is 4. The van der Waals surface area contributed by atoms with Crippen LogP contribution in [-0.2, 0) is 29.5 Å². The Morgan fingerprint density at radius 1 is 0.681 bits per heavy atom. The lowest BCUT2D eigenvalue weighted by atomic mass is 9.98. The van der Waals surface area contributed by atoms with E-state index in [1.807, 2.05) is 60.7 Å². The Bertz CT molecular complexity index is 1270. The van der Waals surface area contributed by atoms with Crippen LogP contribution in [0, 0.1) is 0 Å². The van der Waals surface area contributed by atoms with Gasteiger partial charge in [-0.3, -0.25) is 18.0 Å². The fourth-order valence-electron chi connectivity index (χ4n) is 7.75. The van der Waals surface area contributed by atoms with Crippen LogP contribution < -0.4 is 9.80 Å². The van der Waals surface area contributed by atoms with Gasteiger partial charge in [0.05, 0.1) is 51.5 Å². The average molecular weight is 677 g/mol. The standard InChI is InChI=1S/2C17H23NO3.H2O4S/c2*1-18-13-7-8-14(18)10-15(9-13)21-17(20)16(11-19)12-5-3-2-4-6-12;1-5(2,3)4/h2*2-6,13-16,19H,7-11H2,1H3;(H2,1,2,3,4)/t2*13-,14+,15?,16-;/m00./s1. The van der Waals surface area contributed by atoms with Crippen LogP contribution in [0.25, 0.3) is 0 Å². The Labute approximate surface area is 277 Å². The molecule has 4 bridgehead atoms. The molecule has 0 aliphatic carbocycles. The minimum absolute atomic E-state index is 0.0245. The van der Waals surface area contributed by atoms with Crippen LogP contribution in [0.2, 0.25) is 0 Å². The molecule has 0 spiro atoms. The normalized spacial score (nSPS) is 30.4. The van der Waals surface area contributed by atoms with E-state index >= 15 is 0 Å². The van der Waals surface area contributed by atoms with E-state index in [9.17, 15) is 19.8 Å². The molecule has 4 aliphatic heterocycles. The molecule has 6 rings (SSSR count). The van der Waals surface area contributed by atoms with Gasteiger partial charge in [-0.05, 0) is 11.1 Å². The highest BCUT2D eigenvalue weighted by Gasteiger charge is 2.45. The van der Waals surface area contributed by atoms with Crippen molar-refractivity contribution in [3.8, 4) is 0 Å². The topological polar surface area (TPSA) is 182 Å². The summed E-state index contributed by atoms with van der Waals surface area (Å²) in [5, 5.41) is 19.1. The first-order chi connectivity index (χ1) is 22.4. The molecule has 0 amide bonds. The van der Waals surface area contributed by atoms with Crippen LogP contribution in [0.5, 0.6) is 0 Å². The van der Waals surface area contributed by atoms with Crippen LogP contribution in [-0.4, -0.2) is 103 Å². The average Bonchev–Trinajstić information content (AvgIpc) is 3.34. The monoisotopic (exact) mass is 676 g/mol. The number of carbonyl (C=O) groups excluding carboxylic acids is 2. The number of aliphatic hydroxyl groups is 2. The summed E-state index contributed by atoms with van der Waals surface area (Å²) >= 11 is 0. The zero-order valence-electron chi connectivity index (χ0n) is 27.0. The molecular formula is C34H48N2O10S. The predicted molar refractivity (Wildman–Crippen MR) is 169 cm³/mol. The summed E-state index contributed by atoms with van der Waals surface area (Å²) < 4.78 is 45.5. The Morgan fingerprint density at radius 3 is 1.21 bits per heavy atom. The third-order valence-corrected chi connectivity index (χ3v) is 10.4. The molecule has 47 heavy (non-hydrogen) atoms. The fraction of sp³-hybridized carbons (Fsp3) is 0.588. The van der Waals surface area contributed by atoms with E-state index in [0.717, 1.165) is 36.8 Å². The maximum Gasteiger partial charge on any atom is 0.316 e. The first-order valence-electron chi connectivity index (χ1n) is 16.4. The lowest BCUT2D eigenvalue weighted by molar-refractivity contribution is -0.923. The van der Waals surface area contributed by atoms with Gasteiger partial charge < -0.3 is 38.6 Å². The smallest absolute Gasteiger partial charge is 0.316 e. The van der Waals surface area contributed by atoms with Crippen molar-refractivity contribution in [3.63, 3.8) is 0 Å². The maximum atomic E-state index is 12.4. The molecular weight excluding hydrogens is 628 g/mol. The molecule has 0 aromatic heterocycles. The summed E-state index contributed by atoms with van der Waals surface area (Å²) in [6.45, 7) is -0.402. The minimum Gasteiger partial charge on any atom is -0.759 e. The molecule has 4 fully saturated rings. The van der Waals surface area contributed by atoms with Crippen molar-refractivity contribution in [3.05, 3.63) is 71.8 Å². The van der Waals surface area contributed by atoms with Gasteiger partial charge in [-0.25, -0.2) is 0 Å². The predicted octanol–water partition coefficient (Wildman–Crippen LogP) is -0.310. The van der Waals surface area contributed by atoms with E-state index in [4.69, 9.17) is 27.0 Å². The van der Waals surface area contributed by atoms with E-state index in [0.29, 0.717) is 24.2 Å². The van der Waals surface area contributed by atoms with Gasteiger partial charge in [-0.1, -0.05) is 60.7 Å². The second-order valence-corrected chi connectivity index (χ2v) is 14.0. The number of hydrogen-bond donors (Lipinski definition) is 4. The lowest BCUT2D eigenvalue weighted by Gasteiger charge is -2.33. The van der Waals surface area contributed by atoms with Gasteiger partial charge in [0, 0.05) is 61.8 Å². The van der Waals surface area contributed by atoms with Crippen LogP contribution in [0.15, 0.2) is 60.7 Å². The molecule has 4 aliphatic rings. The van der Waals surface area contributed by atoms with Crippen LogP contribution >= 0.6 is 0 Å². The van der Waals surface area contributed by atoms with Crippen LogP contribution in [0.3, 0.4) is 0 Å². The van der Waals surface area contributed by atoms with Gasteiger partial charge >= 0.3 is 11.9 Å². The summed E-state index contributed by atoms with van der Waals surface area (Å²) in [7, 11) is -0.665. The molecule has 12 nitrogen and oxygen atoms in total. The van der Waals surface area contributed by atoms with E-state index in [1.165, 1.54) is 25.7 Å². The summed E-state index contributed by atoms with van der Waals surface area (Å²) in [4.78, 5) is 27.9. The number of ether oxygens (including phenoxy) is 2. The number of esters is 2. The highest BCUT2D eigenvalue weighted by Crippen LogP contribution is 2.28. The number of aliphatic hydroxyl groups excluding tert-OH is 2. The molecule has 0 radical (unpaired) electrons. The highest BCUT2D eigenvalue weighted by molar-refractivity contribution is 7.79. The molecule has 4 saturated heterocycles. The molecule has 10 atom stereocenters. The number of hydrogen-bond acceptors (Lipinski definition) is 10. The Hall–Kier alpha value is -2.91. The second-order valence-electron chi connectivity index (χ2n) is 13.2. The highest BCUT2D eigenvalue weighted by atomic mass is 32.3. The lowest BCUT2D eigenvalue weighted by Crippen LogP contribution is -3.15. The molecule has 13 heteroatoms. The number of rotatable bonds is 8. The van der Waals surface area contributed by atoms with Crippen molar-refractivity contribution in [2.45, 2.75) is 99.6 Å². The number of benzene rings is 2. The zero-order valence-corrected chi connectivity index (χ0v) is 27.8. The van der Waals surface area contributed by atoms with E-state index < -0.39 is 22.2 Å². The summed E-state index contributed by atoms with van der Waals surface area (Å²) in [6, 6.07) is 21.3. The molecule has 260 valence electrons. The fourth-order valence-corrected chi connectivity index (χ4v) is 7.75. The molecule has 2 aromatic rings. The summed E-state index contributed by atoms with van der Waals surface area (Å²) in [6.07, 6.45) is 8.86. The van der Waals surface area contributed by atoms with Gasteiger partial charge in [0.15, 0.2) is 0 Å². The largest absolute Gasteiger partial charge is 0.759 e. The first kappa shape index (κ1) is 36.9. The molecule has 4 N–H and O–H groups in total. The summed E-state index contributed by atoms with van der Waals surface area (Å²) in [5.74, 6) is -1.69. The molecule has 4 unspecified atom stereocenters. The number of nitrogens with one attached hydrogen (secondary N) is 2. The van der Waals surface area contributed by atoms with Crippen molar-refractivity contribution in [2.75, 3.05) is 27.3 Å². The van der Waals surface area contributed by atoms with Crippen molar-refractivity contribution in [1.82, 2.24) is 0 Å². The van der Waals surface area contributed by atoms with Crippen LogP contribution in [0.1, 0.15) is 74.3 Å². The molecule has 4 heterocycles. The SMILES string of the molecule is C[NH+]1[C@@H]2CC[C@H]1CC(OC(=O)[C@@H](CO)c1ccccc1)C2.C[NH+]1[C@@H]2CC[C@H]1CC(OC(=O)[C@@H](CO)c1ccccc1)C2.O=S(=O)([O-])[O-]. The van der Waals surface area contributed by atoms with Gasteiger partial charge in [0.2, 0.25) is 0 Å². The van der Waals surface area contributed by atoms with E-state index in [-0.39, 0.29) is 37.4 Å². The molecule has 2 aromatic carbocycles. The zero-order chi connectivity index (χ0) is 34.1. The first-order valence-corrected chi connectivity index (χ1v) is 17.8. The van der Waals surface area contributed by atoms with E-state index in [2.05, 4.69) is 14.1 Å². The Kier molecular flexibility index (Phi) is 13.3. The van der Waals surface area contributed by atoms with Crippen molar-refractivity contribution >= 4 is 22.3 Å². The van der Waals surface area contributed by atoms with Gasteiger partial charge in [-0.2, -0.15) is 0 Å². The van der Waals surface area contributed by atoms with E-state index in [1.54, 1.807) is 9.80 Å². The van der Waals surface area contributed by atoms with Crippen molar-refractivity contribution in [2.24, 2.45) is 0 Å². The second kappa shape index (κ2) is 17.0. The van der Waals surface area contributed by atoms with Crippen LogP contribution in [0.4, 0.5) is 0 Å². The number of carbonyl (C=O) groups is 2. The van der Waals surface area contributed by atoms with Crippen molar-refractivity contribution in [1.29, 1.82) is 0 Å². The molecule has 0 saturated carbocycles. The van der Waals surface area contributed by atoms with Crippen molar-refractivity contribution < 1.29 is 56.6 Å².